The fourth-order valence-corrected chi connectivity index (χ4v) is 4.02. The van der Waals surface area contributed by atoms with Crippen LogP contribution < -0.4 is 10.1 Å². The van der Waals surface area contributed by atoms with E-state index in [1.165, 1.54) is 16.7 Å². The molecule has 0 unspecified atom stereocenters. The highest BCUT2D eigenvalue weighted by atomic mass is 79.9. The maximum atomic E-state index is 12.5. The molecule has 0 bridgehead atoms. The number of carbonyl (C=O) groups excluding carboxylic acids is 2. The van der Waals surface area contributed by atoms with E-state index in [1.54, 1.807) is 31.3 Å². The van der Waals surface area contributed by atoms with Crippen molar-refractivity contribution in [3.63, 3.8) is 0 Å². The Kier molecular flexibility index (Phi) is 6.74. The van der Waals surface area contributed by atoms with Crippen LogP contribution in [0.2, 0.25) is 0 Å². The number of ether oxygens (including phenoxy) is 1. The molecule has 2 amide bonds. The molecule has 1 fully saturated rings. The molecule has 2 aromatic carbocycles. The van der Waals surface area contributed by atoms with E-state index in [4.69, 9.17) is 4.74 Å². The molecule has 0 saturated carbocycles. The van der Waals surface area contributed by atoms with Crippen molar-refractivity contribution in [3.8, 4) is 5.75 Å². The maximum absolute atomic E-state index is 12.5. The summed E-state index contributed by atoms with van der Waals surface area (Å²) in [5.41, 5.74) is 1.42. The van der Waals surface area contributed by atoms with Crippen LogP contribution in [0.25, 0.3) is 0 Å². The Hall–Kier alpha value is -2.32. The molecule has 8 heteroatoms. The third kappa shape index (κ3) is 5.14. The summed E-state index contributed by atoms with van der Waals surface area (Å²) in [6.45, 7) is 2.50. The van der Waals surface area contributed by atoms with E-state index in [0.29, 0.717) is 17.5 Å². The van der Waals surface area contributed by atoms with Crippen LogP contribution in [0.3, 0.4) is 0 Å². The fourth-order valence-electron chi connectivity index (χ4n) is 2.60. The van der Waals surface area contributed by atoms with Gasteiger partial charge >= 0.3 is 0 Å². The number of hydrogen-bond acceptors (Lipinski definition) is 5. The summed E-state index contributed by atoms with van der Waals surface area (Å²) < 4.78 is 6.35. The molecule has 6 nitrogen and oxygen atoms in total. The van der Waals surface area contributed by atoms with Gasteiger partial charge in [-0.25, -0.2) is 4.99 Å². The molecule has 1 atom stereocenters. The zero-order valence-corrected chi connectivity index (χ0v) is 17.9. The third-order valence-corrected chi connectivity index (χ3v) is 5.77. The van der Waals surface area contributed by atoms with Gasteiger partial charge in [0.25, 0.3) is 0 Å². The molecular formula is C20H20BrN3O3S. The number of carbonyl (C=O) groups is 2. The molecule has 0 radical (unpaired) electrons. The van der Waals surface area contributed by atoms with Crippen molar-refractivity contribution in [3.05, 3.63) is 53.0 Å². The van der Waals surface area contributed by atoms with Gasteiger partial charge in [-0.15, -0.1) is 0 Å². The average molecular weight is 462 g/mol. The summed E-state index contributed by atoms with van der Waals surface area (Å²) in [6, 6.07) is 14.7. The van der Waals surface area contributed by atoms with Crippen LogP contribution in [0.15, 0.2) is 58.0 Å². The molecule has 0 spiro atoms. The first-order valence-electron chi connectivity index (χ1n) is 8.77. The van der Waals surface area contributed by atoms with Crippen molar-refractivity contribution in [1.82, 2.24) is 4.90 Å². The molecule has 2 aromatic rings. The number of thioether (sulfide) groups is 1. The first-order chi connectivity index (χ1) is 13.5. The number of nitrogens with zero attached hydrogens (tertiary/aromatic N) is 2. The zero-order chi connectivity index (χ0) is 20.1. The monoisotopic (exact) mass is 461 g/mol. The van der Waals surface area contributed by atoms with Crippen LogP contribution in [0.5, 0.6) is 5.75 Å². The minimum absolute atomic E-state index is 0.0837. The van der Waals surface area contributed by atoms with E-state index in [1.807, 2.05) is 31.2 Å². The summed E-state index contributed by atoms with van der Waals surface area (Å²) in [6.07, 6.45) is 0.0837. The lowest BCUT2D eigenvalue weighted by Crippen LogP contribution is -2.30. The van der Waals surface area contributed by atoms with Crippen LogP contribution in [0.1, 0.15) is 13.3 Å². The van der Waals surface area contributed by atoms with Gasteiger partial charge in [0, 0.05) is 23.6 Å². The van der Waals surface area contributed by atoms with Crippen LogP contribution in [0, 0.1) is 0 Å². The van der Waals surface area contributed by atoms with E-state index < -0.39 is 5.25 Å². The smallest absolute Gasteiger partial charge is 0.242 e. The SMILES string of the molecule is CCOc1ccc(NC(=O)C[C@@H]2SC(=Nc3ccc(Br)cc3)N(C)C2=O)cc1. The Morgan fingerprint density at radius 1 is 1.21 bits per heavy atom. The number of benzene rings is 2. The molecule has 0 aromatic heterocycles. The van der Waals surface area contributed by atoms with Crippen LogP contribution in [-0.2, 0) is 9.59 Å². The van der Waals surface area contributed by atoms with Gasteiger partial charge in [0.15, 0.2) is 5.17 Å². The largest absolute Gasteiger partial charge is 0.494 e. The van der Waals surface area contributed by atoms with Crippen LogP contribution in [-0.4, -0.2) is 40.8 Å². The standard InChI is InChI=1S/C20H20BrN3O3S/c1-3-27-16-10-8-14(9-11-16)22-18(25)12-17-19(26)24(2)20(28-17)23-15-6-4-13(21)5-7-15/h4-11,17H,3,12H2,1-2H3,(H,22,25)/t17-/m0/s1. The fraction of sp³-hybridized carbons (Fsp3) is 0.250. The predicted molar refractivity (Wildman–Crippen MR) is 116 cm³/mol. The van der Waals surface area contributed by atoms with Crippen LogP contribution >= 0.6 is 27.7 Å². The van der Waals surface area contributed by atoms with E-state index in [0.717, 1.165) is 15.9 Å². The Labute approximate surface area is 176 Å². The second-order valence-electron chi connectivity index (χ2n) is 6.08. The van der Waals surface area contributed by atoms with Crippen molar-refractivity contribution in [2.75, 3.05) is 19.0 Å². The van der Waals surface area contributed by atoms with Gasteiger partial charge in [-0.1, -0.05) is 27.7 Å². The van der Waals surface area contributed by atoms with E-state index in [2.05, 4.69) is 26.2 Å². The molecule has 1 aliphatic rings. The van der Waals surface area contributed by atoms with Gasteiger partial charge in [-0.05, 0) is 55.5 Å². The maximum Gasteiger partial charge on any atom is 0.242 e. The summed E-state index contributed by atoms with van der Waals surface area (Å²) in [5.74, 6) is 0.411. The Balaban J connectivity index is 1.61. The lowest BCUT2D eigenvalue weighted by molar-refractivity contribution is -0.127. The van der Waals surface area contributed by atoms with Crippen molar-refractivity contribution >= 4 is 56.0 Å². The Morgan fingerprint density at radius 3 is 2.54 bits per heavy atom. The van der Waals surface area contributed by atoms with Crippen molar-refractivity contribution in [1.29, 1.82) is 0 Å². The third-order valence-electron chi connectivity index (χ3n) is 4.01. The number of halogens is 1. The molecule has 3 rings (SSSR count). The quantitative estimate of drug-likeness (QED) is 0.689. The molecule has 1 heterocycles. The minimum atomic E-state index is -0.484. The van der Waals surface area contributed by atoms with Gasteiger partial charge in [0.05, 0.1) is 12.3 Å². The number of anilines is 1. The number of amidine groups is 1. The predicted octanol–water partition coefficient (Wildman–Crippen LogP) is 4.44. The highest BCUT2D eigenvalue weighted by molar-refractivity contribution is 9.10. The summed E-state index contributed by atoms with van der Waals surface area (Å²) in [7, 11) is 1.68. The zero-order valence-electron chi connectivity index (χ0n) is 15.5. The molecule has 0 aliphatic carbocycles. The van der Waals surface area contributed by atoms with Crippen molar-refractivity contribution in [2.45, 2.75) is 18.6 Å². The van der Waals surface area contributed by atoms with Gasteiger partial charge in [0.1, 0.15) is 11.0 Å². The van der Waals surface area contributed by atoms with E-state index in [9.17, 15) is 9.59 Å². The molecule has 1 aliphatic heterocycles. The second kappa shape index (κ2) is 9.25. The van der Waals surface area contributed by atoms with Crippen LogP contribution in [0.4, 0.5) is 11.4 Å². The average Bonchev–Trinajstić information content (AvgIpc) is 2.93. The summed E-state index contributed by atoms with van der Waals surface area (Å²) in [4.78, 5) is 30.9. The first kappa shape index (κ1) is 20.4. The minimum Gasteiger partial charge on any atom is -0.494 e. The molecular weight excluding hydrogens is 442 g/mol. The number of amides is 2. The number of nitrogens with one attached hydrogen (secondary N) is 1. The number of aliphatic imine (C=N–C) groups is 1. The molecule has 1 saturated heterocycles. The lowest BCUT2D eigenvalue weighted by atomic mass is 10.2. The topological polar surface area (TPSA) is 71.0 Å². The Bertz CT molecular complexity index is 885. The molecule has 28 heavy (non-hydrogen) atoms. The Morgan fingerprint density at radius 2 is 1.89 bits per heavy atom. The molecule has 146 valence electrons. The normalized spacial score (nSPS) is 17.8. The summed E-state index contributed by atoms with van der Waals surface area (Å²) >= 11 is 4.69. The van der Waals surface area contributed by atoms with Crippen molar-refractivity contribution in [2.24, 2.45) is 4.99 Å². The molecule has 1 N–H and O–H groups in total. The van der Waals surface area contributed by atoms with Crippen molar-refractivity contribution < 1.29 is 14.3 Å². The number of hydrogen-bond donors (Lipinski definition) is 1. The van der Waals surface area contributed by atoms with Gasteiger partial charge in [-0.2, -0.15) is 0 Å². The summed E-state index contributed by atoms with van der Waals surface area (Å²) in [5, 5.41) is 2.93. The van der Waals surface area contributed by atoms with Gasteiger partial charge in [0.2, 0.25) is 11.8 Å². The van der Waals surface area contributed by atoms with Gasteiger partial charge < -0.3 is 10.1 Å². The highest BCUT2D eigenvalue weighted by Gasteiger charge is 2.36. The number of rotatable bonds is 6. The van der Waals surface area contributed by atoms with Gasteiger partial charge in [-0.3, -0.25) is 14.5 Å². The second-order valence-corrected chi connectivity index (χ2v) is 8.17. The first-order valence-corrected chi connectivity index (χ1v) is 10.4. The van der Waals surface area contributed by atoms with E-state index >= 15 is 0 Å². The lowest BCUT2D eigenvalue weighted by Gasteiger charge is -2.10. The highest BCUT2D eigenvalue weighted by Crippen LogP contribution is 2.31. The van der Waals surface area contributed by atoms with E-state index in [-0.39, 0.29) is 18.2 Å².